The summed E-state index contributed by atoms with van der Waals surface area (Å²) >= 11 is 11.0. The molecular formula is C29H16Br3N. The van der Waals surface area contributed by atoms with Crippen molar-refractivity contribution in [2.45, 2.75) is 0 Å². The van der Waals surface area contributed by atoms with Gasteiger partial charge < -0.3 is 0 Å². The Morgan fingerprint density at radius 2 is 0.758 bits per heavy atom. The molecule has 158 valence electrons. The first-order valence-electron chi connectivity index (χ1n) is 10.6. The molecule has 0 bridgehead atoms. The number of halogens is 3. The lowest BCUT2D eigenvalue weighted by Crippen LogP contribution is -1.98. The van der Waals surface area contributed by atoms with E-state index in [9.17, 15) is 0 Å². The summed E-state index contributed by atoms with van der Waals surface area (Å²) in [5.41, 5.74) is 12.1. The molecule has 6 rings (SSSR count). The van der Waals surface area contributed by atoms with Gasteiger partial charge in [0, 0.05) is 4.47 Å². The Kier molecular flexibility index (Phi) is 5.33. The monoisotopic (exact) mass is 615 g/mol. The maximum atomic E-state index is 4.41. The second kappa shape index (κ2) is 8.35. The van der Waals surface area contributed by atoms with Gasteiger partial charge in [-0.05, 0) is 112 Å². The number of pyridine rings is 1. The van der Waals surface area contributed by atoms with Crippen molar-refractivity contribution in [1.82, 2.24) is 4.98 Å². The zero-order chi connectivity index (χ0) is 22.5. The Morgan fingerprint density at radius 3 is 1.18 bits per heavy atom. The molecule has 33 heavy (non-hydrogen) atoms. The maximum absolute atomic E-state index is 4.41. The molecule has 0 atom stereocenters. The minimum Gasteiger partial charge on any atom is -0.234 e. The lowest BCUT2D eigenvalue weighted by atomic mass is 9.80. The van der Waals surface area contributed by atoms with Crippen LogP contribution >= 0.6 is 47.8 Å². The summed E-state index contributed by atoms with van der Waals surface area (Å²) < 4.78 is 2.64. The van der Waals surface area contributed by atoms with E-state index in [0.717, 1.165) is 24.8 Å². The van der Waals surface area contributed by atoms with E-state index in [1.807, 2.05) is 0 Å². The van der Waals surface area contributed by atoms with E-state index >= 15 is 0 Å². The van der Waals surface area contributed by atoms with Gasteiger partial charge in [0.05, 0.1) is 0 Å². The van der Waals surface area contributed by atoms with Crippen molar-refractivity contribution < 1.29 is 0 Å². The summed E-state index contributed by atoms with van der Waals surface area (Å²) in [6.45, 7) is 0. The number of hydrogen-bond acceptors (Lipinski definition) is 1. The molecular weight excluding hydrogens is 602 g/mol. The van der Waals surface area contributed by atoms with E-state index in [-0.39, 0.29) is 0 Å². The molecule has 0 amide bonds. The molecule has 0 saturated heterocycles. The van der Waals surface area contributed by atoms with Crippen LogP contribution in [0.1, 0.15) is 0 Å². The van der Waals surface area contributed by atoms with Gasteiger partial charge in [0.25, 0.3) is 0 Å². The highest BCUT2D eigenvalue weighted by Gasteiger charge is 2.23. The number of benzene rings is 4. The number of rotatable bonds is 1. The molecule has 1 aromatic heterocycles. The molecule has 1 heterocycles. The number of hydrogen-bond donors (Lipinski definition) is 0. The Balaban J connectivity index is 1.74. The molecule has 0 aliphatic heterocycles. The highest BCUT2D eigenvalue weighted by Crippen LogP contribution is 2.49. The van der Waals surface area contributed by atoms with E-state index in [1.165, 1.54) is 44.5 Å². The van der Waals surface area contributed by atoms with E-state index in [0.29, 0.717) is 0 Å². The van der Waals surface area contributed by atoms with Crippen molar-refractivity contribution >= 4 is 47.8 Å². The van der Waals surface area contributed by atoms with Crippen LogP contribution in [0.4, 0.5) is 0 Å². The standard InChI is InChI=1S/C29H16Br3N/c30-27-16-26-23-12-6-4-10-21(23)19-8-2-1-7-18(19)20-9-3-5-11-22(20)25(26)15-24(27)17-13-28(31)33-29(32)14-17/h1-16H. The third kappa shape index (κ3) is 3.61. The van der Waals surface area contributed by atoms with Crippen LogP contribution in [-0.4, -0.2) is 4.98 Å². The summed E-state index contributed by atoms with van der Waals surface area (Å²) in [6.07, 6.45) is 0. The average molecular weight is 618 g/mol. The minimum absolute atomic E-state index is 0.796. The summed E-state index contributed by atoms with van der Waals surface area (Å²) in [5, 5.41) is 0. The Hall–Kier alpha value is -2.53. The third-order valence-corrected chi connectivity index (χ3v) is 7.59. The molecule has 1 aliphatic rings. The summed E-state index contributed by atoms with van der Waals surface area (Å²) in [5.74, 6) is 0. The van der Waals surface area contributed by atoms with E-state index in [2.05, 4.69) is 150 Å². The molecule has 4 heteroatoms. The zero-order valence-corrected chi connectivity index (χ0v) is 22.1. The molecule has 1 nitrogen and oxygen atoms in total. The maximum Gasteiger partial charge on any atom is 0.108 e. The molecule has 0 spiro atoms. The second-order valence-electron chi connectivity index (χ2n) is 8.02. The quantitative estimate of drug-likeness (QED) is 0.167. The van der Waals surface area contributed by atoms with Crippen LogP contribution in [0.3, 0.4) is 0 Å². The van der Waals surface area contributed by atoms with Crippen LogP contribution in [-0.2, 0) is 0 Å². The van der Waals surface area contributed by atoms with Crippen LogP contribution < -0.4 is 0 Å². The summed E-state index contributed by atoms with van der Waals surface area (Å²) in [6, 6.07) is 34.8. The Bertz CT molecular complexity index is 1530. The second-order valence-corrected chi connectivity index (χ2v) is 10.5. The van der Waals surface area contributed by atoms with Crippen molar-refractivity contribution in [1.29, 1.82) is 0 Å². The van der Waals surface area contributed by atoms with Gasteiger partial charge in [0.2, 0.25) is 0 Å². The van der Waals surface area contributed by atoms with Crippen molar-refractivity contribution in [2.75, 3.05) is 0 Å². The lowest BCUT2D eigenvalue weighted by Gasteiger charge is -2.24. The van der Waals surface area contributed by atoms with Crippen LogP contribution in [0.25, 0.3) is 55.6 Å². The predicted octanol–water partition coefficient (Wildman–Crippen LogP) is 10.0. The molecule has 0 radical (unpaired) electrons. The molecule has 0 unspecified atom stereocenters. The van der Waals surface area contributed by atoms with Gasteiger partial charge in [-0.15, -0.1) is 0 Å². The number of aromatic nitrogens is 1. The van der Waals surface area contributed by atoms with Crippen LogP contribution in [0.15, 0.2) is 111 Å². The largest absolute Gasteiger partial charge is 0.234 e. The number of fused-ring (bicyclic) bond motifs is 8. The average Bonchev–Trinajstić information content (AvgIpc) is 2.82. The molecule has 5 aromatic rings. The van der Waals surface area contributed by atoms with E-state index in [1.54, 1.807) is 0 Å². The first kappa shape index (κ1) is 21.0. The van der Waals surface area contributed by atoms with Gasteiger partial charge in [0.1, 0.15) is 9.21 Å². The molecule has 1 aliphatic carbocycles. The van der Waals surface area contributed by atoms with Gasteiger partial charge in [-0.1, -0.05) is 88.7 Å². The molecule has 0 N–H and O–H groups in total. The summed E-state index contributed by atoms with van der Waals surface area (Å²) in [7, 11) is 0. The molecule has 4 aromatic carbocycles. The molecule has 0 fully saturated rings. The van der Waals surface area contributed by atoms with Crippen LogP contribution in [0.5, 0.6) is 0 Å². The topological polar surface area (TPSA) is 12.9 Å². The van der Waals surface area contributed by atoms with Gasteiger partial charge in [0.15, 0.2) is 0 Å². The smallest absolute Gasteiger partial charge is 0.108 e. The highest BCUT2D eigenvalue weighted by atomic mass is 79.9. The Labute approximate surface area is 217 Å². The molecule has 0 saturated carbocycles. The van der Waals surface area contributed by atoms with Gasteiger partial charge >= 0.3 is 0 Å². The third-order valence-electron chi connectivity index (χ3n) is 6.12. The fraction of sp³-hybridized carbons (Fsp3) is 0. The van der Waals surface area contributed by atoms with Crippen LogP contribution in [0.2, 0.25) is 0 Å². The van der Waals surface area contributed by atoms with E-state index in [4.69, 9.17) is 0 Å². The van der Waals surface area contributed by atoms with Gasteiger partial charge in [-0.2, -0.15) is 0 Å². The minimum atomic E-state index is 0.796. The fourth-order valence-electron chi connectivity index (χ4n) is 4.72. The first-order valence-corrected chi connectivity index (χ1v) is 12.9. The SMILES string of the molecule is Brc1cc(-c2cc3c(cc2Br)-c2ccccc2-c2ccccc2-c2ccccc2-3)cc(Br)n1. The van der Waals surface area contributed by atoms with Crippen molar-refractivity contribution in [3.63, 3.8) is 0 Å². The predicted molar refractivity (Wildman–Crippen MR) is 148 cm³/mol. The van der Waals surface area contributed by atoms with E-state index < -0.39 is 0 Å². The summed E-state index contributed by atoms with van der Waals surface area (Å²) in [4.78, 5) is 4.41. The van der Waals surface area contributed by atoms with Crippen molar-refractivity contribution in [3.05, 3.63) is 111 Å². The highest BCUT2D eigenvalue weighted by molar-refractivity contribution is 9.11. The van der Waals surface area contributed by atoms with Gasteiger partial charge in [-0.3, -0.25) is 0 Å². The first-order chi connectivity index (χ1) is 16.1. The van der Waals surface area contributed by atoms with Crippen molar-refractivity contribution in [3.8, 4) is 55.6 Å². The van der Waals surface area contributed by atoms with Gasteiger partial charge in [-0.25, -0.2) is 4.98 Å². The van der Waals surface area contributed by atoms with Crippen molar-refractivity contribution in [2.24, 2.45) is 0 Å². The zero-order valence-electron chi connectivity index (χ0n) is 17.3. The lowest BCUT2D eigenvalue weighted by molar-refractivity contribution is 1.23. The normalized spacial score (nSPS) is 11.5. The van der Waals surface area contributed by atoms with Crippen LogP contribution in [0, 0.1) is 0 Å². The Morgan fingerprint density at radius 1 is 0.394 bits per heavy atom. The fourth-order valence-corrected chi connectivity index (χ4v) is 6.40. The number of nitrogens with zero attached hydrogens (tertiary/aromatic N) is 1.